The van der Waals surface area contributed by atoms with Crippen LogP contribution in [0.25, 0.3) is 20.7 Å². The standard InChI is InChI=1S/C13H10N2S/c1-2-4-11-9(3-1)10-6-5-8-7-14-15-12(8)13(10)16-11/h1-4,7H,5-6H2,(H,14,15). The molecule has 0 amide bonds. The summed E-state index contributed by atoms with van der Waals surface area (Å²) in [6, 6.07) is 8.66. The molecule has 2 nitrogen and oxygen atoms in total. The highest BCUT2D eigenvalue weighted by Crippen LogP contribution is 2.42. The van der Waals surface area contributed by atoms with Crippen LogP contribution in [0.4, 0.5) is 0 Å². The molecule has 0 unspecified atom stereocenters. The van der Waals surface area contributed by atoms with Crippen LogP contribution >= 0.6 is 11.3 Å². The maximum atomic E-state index is 4.15. The van der Waals surface area contributed by atoms with Crippen molar-refractivity contribution >= 4 is 21.4 Å². The average molecular weight is 226 g/mol. The van der Waals surface area contributed by atoms with Gasteiger partial charge >= 0.3 is 0 Å². The van der Waals surface area contributed by atoms with Gasteiger partial charge in [0.05, 0.1) is 16.8 Å². The van der Waals surface area contributed by atoms with Gasteiger partial charge in [-0.15, -0.1) is 11.3 Å². The predicted molar refractivity (Wildman–Crippen MR) is 66.8 cm³/mol. The third kappa shape index (κ3) is 0.985. The molecule has 0 atom stereocenters. The summed E-state index contributed by atoms with van der Waals surface area (Å²) in [4.78, 5) is 1.39. The van der Waals surface area contributed by atoms with Gasteiger partial charge in [0, 0.05) is 4.70 Å². The smallest absolute Gasteiger partial charge is 0.0785 e. The molecule has 3 aromatic rings. The lowest BCUT2D eigenvalue weighted by Gasteiger charge is -2.10. The minimum Gasteiger partial charge on any atom is -0.277 e. The van der Waals surface area contributed by atoms with E-state index in [-0.39, 0.29) is 0 Å². The summed E-state index contributed by atoms with van der Waals surface area (Å²) in [5.41, 5.74) is 4.10. The Morgan fingerprint density at radius 3 is 3.12 bits per heavy atom. The molecule has 1 aliphatic rings. The van der Waals surface area contributed by atoms with Crippen LogP contribution in [-0.4, -0.2) is 10.2 Å². The van der Waals surface area contributed by atoms with Gasteiger partial charge in [-0.2, -0.15) is 5.10 Å². The quantitative estimate of drug-likeness (QED) is 0.625. The number of aromatic nitrogens is 2. The van der Waals surface area contributed by atoms with E-state index in [0.717, 1.165) is 12.8 Å². The molecule has 3 heteroatoms. The monoisotopic (exact) mass is 226 g/mol. The molecule has 0 spiro atoms. The van der Waals surface area contributed by atoms with Crippen LogP contribution in [0.5, 0.6) is 0 Å². The van der Waals surface area contributed by atoms with Gasteiger partial charge in [0.25, 0.3) is 0 Å². The minimum atomic E-state index is 1.11. The van der Waals surface area contributed by atoms with Crippen LogP contribution in [-0.2, 0) is 12.8 Å². The molecule has 0 saturated heterocycles. The Kier molecular flexibility index (Phi) is 1.57. The number of rotatable bonds is 0. The first kappa shape index (κ1) is 8.53. The van der Waals surface area contributed by atoms with Crippen LogP contribution in [0.1, 0.15) is 11.1 Å². The Morgan fingerprint density at radius 2 is 2.12 bits per heavy atom. The van der Waals surface area contributed by atoms with Gasteiger partial charge in [0.2, 0.25) is 0 Å². The summed E-state index contributed by atoms with van der Waals surface area (Å²) in [5, 5.41) is 8.71. The van der Waals surface area contributed by atoms with Crippen LogP contribution < -0.4 is 0 Å². The Hall–Kier alpha value is -1.61. The Bertz CT molecular complexity index is 678. The lowest BCUT2D eigenvalue weighted by molar-refractivity contribution is 0.958. The molecule has 0 radical (unpaired) electrons. The van der Waals surface area contributed by atoms with E-state index >= 15 is 0 Å². The van der Waals surface area contributed by atoms with E-state index in [0.29, 0.717) is 0 Å². The van der Waals surface area contributed by atoms with Gasteiger partial charge in [0.1, 0.15) is 0 Å². The summed E-state index contributed by atoms with van der Waals surface area (Å²) >= 11 is 1.88. The highest BCUT2D eigenvalue weighted by atomic mass is 32.1. The van der Waals surface area contributed by atoms with Gasteiger partial charge in [0.15, 0.2) is 0 Å². The molecule has 1 aromatic carbocycles. The number of nitrogens with one attached hydrogen (secondary N) is 1. The van der Waals surface area contributed by atoms with Gasteiger partial charge in [-0.05, 0) is 35.4 Å². The number of thiophene rings is 1. The lowest BCUT2D eigenvalue weighted by atomic mass is 9.95. The van der Waals surface area contributed by atoms with Crippen molar-refractivity contribution in [3.05, 3.63) is 41.6 Å². The summed E-state index contributed by atoms with van der Waals surface area (Å²) in [5.74, 6) is 0. The van der Waals surface area contributed by atoms with E-state index in [9.17, 15) is 0 Å². The second kappa shape index (κ2) is 2.95. The van der Waals surface area contributed by atoms with E-state index in [2.05, 4.69) is 34.5 Å². The van der Waals surface area contributed by atoms with E-state index in [1.54, 1.807) is 0 Å². The maximum absolute atomic E-state index is 4.15. The van der Waals surface area contributed by atoms with Gasteiger partial charge in [-0.1, -0.05) is 18.2 Å². The number of benzene rings is 1. The zero-order valence-corrected chi connectivity index (χ0v) is 9.47. The first-order valence-electron chi connectivity index (χ1n) is 5.46. The van der Waals surface area contributed by atoms with Crippen molar-refractivity contribution in [2.24, 2.45) is 0 Å². The van der Waals surface area contributed by atoms with Crippen LogP contribution in [0.15, 0.2) is 30.5 Å². The highest BCUT2D eigenvalue weighted by Gasteiger charge is 2.21. The van der Waals surface area contributed by atoms with Crippen molar-refractivity contribution in [3.63, 3.8) is 0 Å². The highest BCUT2D eigenvalue weighted by molar-refractivity contribution is 7.22. The van der Waals surface area contributed by atoms with Crippen molar-refractivity contribution in [2.75, 3.05) is 0 Å². The number of hydrogen-bond donors (Lipinski definition) is 1. The topological polar surface area (TPSA) is 28.7 Å². The molecule has 2 heterocycles. The van der Waals surface area contributed by atoms with Crippen LogP contribution in [0.2, 0.25) is 0 Å². The lowest BCUT2D eigenvalue weighted by Crippen LogP contribution is -1.99. The largest absolute Gasteiger partial charge is 0.277 e. The molecule has 16 heavy (non-hydrogen) atoms. The van der Waals surface area contributed by atoms with Gasteiger partial charge in [-0.3, -0.25) is 5.10 Å². The fourth-order valence-corrected chi connectivity index (χ4v) is 3.79. The number of hydrogen-bond acceptors (Lipinski definition) is 2. The second-order valence-electron chi connectivity index (χ2n) is 4.18. The van der Waals surface area contributed by atoms with Crippen LogP contribution in [0, 0.1) is 0 Å². The average Bonchev–Trinajstić information content (AvgIpc) is 2.92. The first-order chi connectivity index (χ1) is 7.93. The zero-order chi connectivity index (χ0) is 10.5. The number of fused-ring (bicyclic) bond motifs is 5. The Balaban J connectivity index is 2.13. The van der Waals surface area contributed by atoms with Gasteiger partial charge in [-0.25, -0.2) is 0 Å². The molecule has 2 aromatic heterocycles. The fraction of sp³-hybridized carbons (Fsp3) is 0.154. The normalized spacial score (nSPS) is 13.8. The SMILES string of the molecule is c1ccc2c3c(sc2c1)-c1[nH]ncc1CC3. The number of nitrogens with zero attached hydrogens (tertiary/aromatic N) is 1. The Morgan fingerprint density at radius 1 is 1.19 bits per heavy atom. The zero-order valence-electron chi connectivity index (χ0n) is 8.66. The fourth-order valence-electron chi connectivity index (χ4n) is 2.51. The minimum absolute atomic E-state index is 1.11. The van der Waals surface area contributed by atoms with E-state index in [1.807, 2.05) is 17.5 Å². The number of H-pyrrole nitrogens is 1. The molecule has 1 N–H and O–H groups in total. The Labute approximate surface area is 96.9 Å². The van der Waals surface area contributed by atoms with Gasteiger partial charge < -0.3 is 0 Å². The summed E-state index contributed by atoms with van der Waals surface area (Å²) in [6.45, 7) is 0. The van der Waals surface area contributed by atoms with Crippen molar-refractivity contribution in [3.8, 4) is 10.6 Å². The van der Waals surface area contributed by atoms with Crippen molar-refractivity contribution in [2.45, 2.75) is 12.8 Å². The molecule has 4 rings (SSSR count). The van der Waals surface area contributed by atoms with Crippen molar-refractivity contribution < 1.29 is 0 Å². The molecule has 78 valence electrons. The third-order valence-corrected chi connectivity index (χ3v) is 4.52. The van der Waals surface area contributed by atoms with E-state index in [1.165, 1.54) is 31.8 Å². The molecule has 1 aliphatic carbocycles. The second-order valence-corrected chi connectivity index (χ2v) is 5.23. The molecular formula is C13H10N2S. The van der Waals surface area contributed by atoms with Crippen molar-refractivity contribution in [1.82, 2.24) is 10.2 Å². The number of aryl methyl sites for hydroxylation is 2. The van der Waals surface area contributed by atoms with Crippen LogP contribution in [0.3, 0.4) is 0 Å². The van der Waals surface area contributed by atoms with E-state index < -0.39 is 0 Å². The first-order valence-corrected chi connectivity index (χ1v) is 6.28. The summed E-state index contributed by atoms with van der Waals surface area (Å²) in [6.07, 6.45) is 4.22. The number of aromatic amines is 1. The summed E-state index contributed by atoms with van der Waals surface area (Å²) < 4.78 is 1.38. The van der Waals surface area contributed by atoms with E-state index in [4.69, 9.17) is 0 Å². The van der Waals surface area contributed by atoms with Crippen molar-refractivity contribution in [1.29, 1.82) is 0 Å². The molecule has 0 fully saturated rings. The predicted octanol–water partition coefficient (Wildman–Crippen LogP) is 3.39. The third-order valence-electron chi connectivity index (χ3n) is 3.29. The molecular weight excluding hydrogens is 216 g/mol. The summed E-state index contributed by atoms with van der Waals surface area (Å²) in [7, 11) is 0. The maximum Gasteiger partial charge on any atom is 0.0785 e. The molecule has 0 bridgehead atoms. The molecule has 0 saturated carbocycles. The molecule has 0 aliphatic heterocycles.